The highest BCUT2D eigenvalue weighted by atomic mass is 32.2. The molecule has 0 saturated carbocycles. The summed E-state index contributed by atoms with van der Waals surface area (Å²) in [6.07, 6.45) is 0. The maximum absolute atomic E-state index is 10.7. The van der Waals surface area contributed by atoms with Crippen LogP contribution in [0.25, 0.3) is 0 Å². The summed E-state index contributed by atoms with van der Waals surface area (Å²) in [5.41, 5.74) is 0. The fourth-order valence-electron chi connectivity index (χ4n) is 0.755. The number of methoxy groups -OCH3 is 1. The zero-order valence-corrected chi connectivity index (χ0v) is 7.26. The van der Waals surface area contributed by atoms with Crippen molar-refractivity contribution in [3.63, 3.8) is 0 Å². The van der Waals surface area contributed by atoms with E-state index in [4.69, 9.17) is 9.88 Å². The van der Waals surface area contributed by atoms with Gasteiger partial charge in [-0.15, -0.1) is 5.14 Å². The minimum Gasteiger partial charge on any atom is -0.497 e. The van der Waals surface area contributed by atoms with Gasteiger partial charge in [-0.1, -0.05) is 0 Å². The van der Waals surface area contributed by atoms with E-state index < -0.39 is 10.0 Å². The number of hydrogen-bond acceptors (Lipinski definition) is 3. The maximum Gasteiger partial charge on any atom is 0.254 e. The van der Waals surface area contributed by atoms with Crippen LogP contribution in [0.4, 0.5) is 0 Å². The molecular weight excluding hydrogens is 178 g/mol. The van der Waals surface area contributed by atoms with Crippen molar-refractivity contribution in [2.45, 2.75) is 4.90 Å². The van der Waals surface area contributed by atoms with Gasteiger partial charge in [0, 0.05) is 0 Å². The van der Waals surface area contributed by atoms with Crippen LogP contribution in [-0.2, 0) is 10.0 Å². The third-order valence-corrected chi connectivity index (χ3v) is 2.26. The van der Waals surface area contributed by atoms with Crippen molar-refractivity contribution in [3.05, 3.63) is 24.3 Å². The van der Waals surface area contributed by atoms with E-state index in [0.29, 0.717) is 5.75 Å². The molecule has 1 aromatic carbocycles. The highest BCUT2D eigenvalue weighted by Gasteiger charge is 2.07. The van der Waals surface area contributed by atoms with E-state index in [1.165, 1.54) is 31.4 Å². The maximum atomic E-state index is 10.7. The second-order valence-corrected chi connectivity index (χ2v) is 3.66. The number of nitrogens with one attached hydrogen (secondary N) is 1. The van der Waals surface area contributed by atoms with Gasteiger partial charge in [0.25, 0.3) is 10.0 Å². The zero-order valence-electron chi connectivity index (χ0n) is 6.44. The van der Waals surface area contributed by atoms with E-state index in [2.05, 4.69) is 0 Å². The van der Waals surface area contributed by atoms with Crippen molar-refractivity contribution < 1.29 is 13.2 Å². The summed E-state index contributed by atoms with van der Waals surface area (Å²) in [4.78, 5) is -0.0247. The molecule has 12 heavy (non-hydrogen) atoms. The van der Waals surface area contributed by atoms with Crippen LogP contribution in [0.2, 0.25) is 0 Å². The van der Waals surface area contributed by atoms with Crippen molar-refractivity contribution in [1.29, 1.82) is 0 Å². The average molecular weight is 186 g/mol. The van der Waals surface area contributed by atoms with Gasteiger partial charge in [0.15, 0.2) is 0 Å². The Morgan fingerprint density at radius 3 is 2.08 bits per heavy atom. The first-order valence-electron chi connectivity index (χ1n) is 3.18. The van der Waals surface area contributed by atoms with E-state index in [0.717, 1.165) is 0 Å². The summed E-state index contributed by atoms with van der Waals surface area (Å²) in [5.74, 6) is 0.572. The molecule has 0 saturated heterocycles. The molecule has 0 aliphatic heterocycles. The highest BCUT2D eigenvalue weighted by molar-refractivity contribution is 7.88. The van der Waals surface area contributed by atoms with E-state index in [1.54, 1.807) is 0 Å². The van der Waals surface area contributed by atoms with Crippen LogP contribution in [0, 0.1) is 0 Å². The number of ether oxygens (including phenoxy) is 1. The average Bonchev–Trinajstić information content (AvgIpc) is 2.03. The molecule has 1 rings (SSSR count). The molecule has 4 nitrogen and oxygen atoms in total. The summed E-state index contributed by atoms with van der Waals surface area (Å²) < 4.78 is 26.1. The summed E-state index contributed by atoms with van der Waals surface area (Å²) in [7, 11) is -2.34. The van der Waals surface area contributed by atoms with Crippen molar-refractivity contribution in [2.24, 2.45) is 0 Å². The van der Waals surface area contributed by atoms with Crippen LogP contribution in [0.3, 0.4) is 0 Å². The Labute approximate surface area is 71.0 Å². The number of hydrogen-bond donors (Lipinski definition) is 0. The highest BCUT2D eigenvalue weighted by Crippen LogP contribution is 2.14. The molecule has 0 bridgehead atoms. The van der Waals surface area contributed by atoms with Gasteiger partial charge in [-0.3, -0.25) is 0 Å². The molecule has 1 radical (unpaired) electrons. The number of sulfonamides is 1. The number of benzene rings is 1. The monoisotopic (exact) mass is 186 g/mol. The first kappa shape index (κ1) is 9.02. The summed E-state index contributed by atoms with van der Waals surface area (Å²) >= 11 is 0. The first-order valence-corrected chi connectivity index (χ1v) is 4.66. The molecule has 0 heterocycles. The van der Waals surface area contributed by atoms with Crippen molar-refractivity contribution in [2.75, 3.05) is 7.11 Å². The SMILES string of the molecule is COc1ccc(S([NH])(=O)=O)cc1. The molecule has 0 spiro atoms. The van der Waals surface area contributed by atoms with Gasteiger partial charge < -0.3 is 4.74 Å². The van der Waals surface area contributed by atoms with Crippen molar-refractivity contribution in [1.82, 2.24) is 5.14 Å². The molecule has 0 aliphatic rings. The minimum atomic E-state index is -3.83. The Kier molecular flexibility index (Phi) is 2.35. The first-order chi connectivity index (χ1) is 5.54. The smallest absolute Gasteiger partial charge is 0.254 e. The Bertz CT molecular complexity index is 355. The Morgan fingerprint density at radius 1 is 1.25 bits per heavy atom. The molecule has 0 unspecified atom stereocenters. The largest absolute Gasteiger partial charge is 0.497 e. The van der Waals surface area contributed by atoms with Crippen LogP contribution in [0.5, 0.6) is 5.75 Å². The quantitative estimate of drug-likeness (QED) is 0.681. The van der Waals surface area contributed by atoms with Crippen LogP contribution in [0.15, 0.2) is 29.2 Å². The van der Waals surface area contributed by atoms with Gasteiger partial charge >= 0.3 is 0 Å². The van der Waals surface area contributed by atoms with E-state index in [-0.39, 0.29) is 4.90 Å². The summed E-state index contributed by atoms with van der Waals surface area (Å²) in [6, 6.07) is 5.67. The molecule has 0 amide bonds. The Morgan fingerprint density at radius 2 is 1.75 bits per heavy atom. The Balaban J connectivity index is 3.09. The van der Waals surface area contributed by atoms with Gasteiger partial charge in [0.2, 0.25) is 0 Å². The fraction of sp³-hybridized carbons (Fsp3) is 0.143. The fourth-order valence-corrected chi connectivity index (χ4v) is 1.25. The van der Waals surface area contributed by atoms with Crippen LogP contribution < -0.4 is 9.88 Å². The molecule has 0 atom stereocenters. The molecule has 5 heteroatoms. The second kappa shape index (κ2) is 3.12. The van der Waals surface area contributed by atoms with Gasteiger partial charge in [0.1, 0.15) is 5.75 Å². The lowest BCUT2D eigenvalue weighted by atomic mass is 10.3. The molecule has 65 valence electrons. The molecule has 1 N–H and O–H groups in total. The third-order valence-electron chi connectivity index (χ3n) is 1.37. The molecular formula is C7H8NO3S. The molecule has 1 aromatic rings. The van der Waals surface area contributed by atoms with Gasteiger partial charge in [-0.2, -0.15) is 0 Å². The number of rotatable bonds is 2. The Hall–Kier alpha value is -1.07. The summed E-state index contributed by atoms with van der Waals surface area (Å²) in [5, 5.41) is 6.73. The van der Waals surface area contributed by atoms with Gasteiger partial charge in [-0.05, 0) is 24.3 Å². The van der Waals surface area contributed by atoms with E-state index in [1.807, 2.05) is 0 Å². The van der Waals surface area contributed by atoms with Gasteiger partial charge in [0.05, 0.1) is 12.0 Å². The van der Waals surface area contributed by atoms with Gasteiger partial charge in [-0.25, -0.2) is 8.42 Å². The minimum absolute atomic E-state index is 0.0247. The molecule has 0 aliphatic carbocycles. The third kappa shape index (κ3) is 1.96. The normalized spacial score (nSPS) is 11.2. The van der Waals surface area contributed by atoms with Crippen molar-refractivity contribution >= 4 is 10.0 Å². The zero-order chi connectivity index (χ0) is 9.19. The van der Waals surface area contributed by atoms with E-state index in [9.17, 15) is 8.42 Å². The predicted molar refractivity (Wildman–Crippen MR) is 43.3 cm³/mol. The predicted octanol–water partition coefficient (Wildman–Crippen LogP) is 0.667. The van der Waals surface area contributed by atoms with Crippen LogP contribution in [0.1, 0.15) is 0 Å². The molecule has 0 aromatic heterocycles. The lowest BCUT2D eigenvalue weighted by Crippen LogP contribution is -1.99. The lowest BCUT2D eigenvalue weighted by Gasteiger charge is -1.99. The second-order valence-electron chi connectivity index (χ2n) is 2.18. The van der Waals surface area contributed by atoms with Crippen LogP contribution >= 0.6 is 0 Å². The van der Waals surface area contributed by atoms with E-state index >= 15 is 0 Å². The van der Waals surface area contributed by atoms with Crippen LogP contribution in [-0.4, -0.2) is 15.5 Å². The lowest BCUT2D eigenvalue weighted by molar-refractivity contribution is 0.414. The van der Waals surface area contributed by atoms with Crippen molar-refractivity contribution in [3.8, 4) is 5.75 Å². The summed E-state index contributed by atoms with van der Waals surface area (Å²) in [6.45, 7) is 0. The standard InChI is InChI=1S/C7H8NO3S/c1-11-6-2-4-7(5-3-6)12(8,9)10/h2-5,8H,1H3. The molecule has 0 fully saturated rings. The topological polar surface area (TPSA) is 67.2 Å².